The summed E-state index contributed by atoms with van der Waals surface area (Å²) in [7, 11) is 1.65. The van der Waals surface area contributed by atoms with Crippen molar-refractivity contribution in [2.24, 2.45) is 16.2 Å². The van der Waals surface area contributed by atoms with Gasteiger partial charge >= 0.3 is 0 Å². The van der Waals surface area contributed by atoms with Gasteiger partial charge in [0.25, 0.3) is 5.91 Å². The number of benzene rings is 1. The third kappa shape index (κ3) is 4.50. The van der Waals surface area contributed by atoms with Gasteiger partial charge in [-0.1, -0.05) is 11.2 Å². The first-order valence-corrected chi connectivity index (χ1v) is 10.3. The number of pyridine rings is 1. The molecule has 1 aromatic heterocycles. The molecule has 160 valence electrons. The molecule has 0 unspecified atom stereocenters. The number of aromatic nitrogens is 1. The summed E-state index contributed by atoms with van der Waals surface area (Å²) in [6.45, 7) is 4.12. The highest BCUT2D eigenvalue weighted by Crippen LogP contribution is 2.40. The van der Waals surface area contributed by atoms with Crippen LogP contribution in [-0.4, -0.2) is 35.0 Å². The number of hydrogen-bond acceptors (Lipinski definition) is 6. The van der Waals surface area contributed by atoms with Gasteiger partial charge in [0, 0.05) is 30.3 Å². The Morgan fingerprint density at radius 2 is 1.97 bits per heavy atom. The third-order valence-corrected chi connectivity index (χ3v) is 6.01. The predicted octanol–water partition coefficient (Wildman–Crippen LogP) is 4.12. The van der Waals surface area contributed by atoms with Gasteiger partial charge in [-0.05, 0) is 74.2 Å². The van der Waals surface area contributed by atoms with Crippen molar-refractivity contribution in [1.82, 2.24) is 10.4 Å². The molecule has 0 spiro atoms. The summed E-state index contributed by atoms with van der Waals surface area (Å²) in [6, 6.07) is 11.2. The second-order valence-corrected chi connectivity index (χ2v) is 8.11. The molecule has 2 heterocycles. The second kappa shape index (κ2) is 8.71. The highest BCUT2D eigenvalue weighted by molar-refractivity contribution is 6.03. The maximum atomic E-state index is 12.3. The summed E-state index contributed by atoms with van der Waals surface area (Å²) in [5, 5.41) is 8.80. The molecule has 31 heavy (non-hydrogen) atoms. The number of hydrogen-bond donors (Lipinski definition) is 1. The van der Waals surface area contributed by atoms with E-state index in [0.717, 1.165) is 34.7 Å². The Hall–Kier alpha value is -3.48. The minimum Gasteiger partial charge on any atom is -0.497 e. The van der Waals surface area contributed by atoms with E-state index in [1.54, 1.807) is 31.6 Å². The van der Waals surface area contributed by atoms with Crippen LogP contribution in [0.2, 0.25) is 0 Å². The second-order valence-electron chi connectivity index (χ2n) is 8.11. The lowest BCUT2D eigenvalue weighted by molar-refractivity contribution is -0.0470. The summed E-state index contributed by atoms with van der Waals surface area (Å²) >= 11 is 0. The molecule has 7 heteroatoms. The zero-order chi connectivity index (χ0) is 21.8. The van der Waals surface area contributed by atoms with Crippen molar-refractivity contribution in [1.29, 1.82) is 0 Å². The number of methoxy groups -OCH3 is 1. The van der Waals surface area contributed by atoms with E-state index < -0.39 is 5.60 Å². The molecule has 1 amide bonds. The smallest absolute Gasteiger partial charge is 0.271 e. The van der Waals surface area contributed by atoms with Crippen LogP contribution in [0.15, 0.2) is 70.7 Å². The molecule has 1 aliphatic heterocycles. The molecule has 2 atom stereocenters. The molecule has 1 aliphatic carbocycles. The molecule has 0 radical (unpaired) electrons. The number of ether oxygens (including phenoxy) is 1. The molecular weight excluding hydrogens is 392 g/mol. The number of oxime groups is 1. The summed E-state index contributed by atoms with van der Waals surface area (Å²) in [4.78, 5) is 22.2. The van der Waals surface area contributed by atoms with E-state index in [2.05, 4.69) is 33.7 Å². The van der Waals surface area contributed by atoms with E-state index in [0.29, 0.717) is 18.4 Å². The Bertz CT molecular complexity index is 1040. The lowest BCUT2D eigenvalue weighted by Gasteiger charge is -2.34. The molecule has 4 rings (SSSR count). The molecule has 7 nitrogen and oxygen atoms in total. The van der Waals surface area contributed by atoms with Crippen LogP contribution in [0, 0.1) is 5.92 Å². The maximum absolute atomic E-state index is 12.3. The van der Waals surface area contributed by atoms with E-state index in [9.17, 15) is 4.79 Å². The standard InChI is InChI=1S/C24H26N4O3/c1-16-4-7-19(14-21(16)26-27-23(29)18-10-12-25-13-11-18)24(2)15-22(28-31-24)17-5-8-20(30-3)9-6-17/h4-6,8-13,19H,7,14-15H2,1-3H3,(H,27,29)/b26-21+/t19-,24+/m0/s1. The van der Waals surface area contributed by atoms with Crippen LogP contribution < -0.4 is 10.2 Å². The minimum atomic E-state index is -0.428. The normalized spacial score (nSPS) is 24.2. The highest BCUT2D eigenvalue weighted by atomic mass is 16.7. The average Bonchev–Trinajstić information content (AvgIpc) is 3.22. The molecule has 0 saturated heterocycles. The molecule has 1 aromatic carbocycles. The summed E-state index contributed by atoms with van der Waals surface area (Å²) in [5.41, 5.74) is 6.66. The molecule has 1 N–H and O–H groups in total. The summed E-state index contributed by atoms with van der Waals surface area (Å²) in [6.07, 6.45) is 7.64. The van der Waals surface area contributed by atoms with Crippen LogP contribution in [0.3, 0.4) is 0 Å². The molecule has 0 fully saturated rings. The first kappa shape index (κ1) is 20.8. The topological polar surface area (TPSA) is 85.2 Å². The van der Waals surface area contributed by atoms with Gasteiger partial charge in [0.15, 0.2) is 0 Å². The molecule has 2 aromatic rings. The number of amides is 1. The van der Waals surface area contributed by atoms with E-state index in [1.165, 1.54) is 0 Å². The Kier molecular flexibility index (Phi) is 5.84. The monoisotopic (exact) mass is 418 g/mol. The van der Waals surface area contributed by atoms with Crippen LogP contribution in [0.5, 0.6) is 5.75 Å². The number of carbonyl (C=O) groups excluding carboxylic acids is 1. The molecule has 2 aliphatic rings. The zero-order valence-electron chi connectivity index (χ0n) is 18.0. The van der Waals surface area contributed by atoms with Crippen molar-refractivity contribution in [2.75, 3.05) is 7.11 Å². The van der Waals surface area contributed by atoms with Crippen LogP contribution >= 0.6 is 0 Å². The first-order valence-electron chi connectivity index (χ1n) is 10.3. The van der Waals surface area contributed by atoms with Crippen molar-refractivity contribution < 1.29 is 14.4 Å². The van der Waals surface area contributed by atoms with Gasteiger partial charge in [-0.15, -0.1) is 0 Å². The van der Waals surface area contributed by atoms with Gasteiger partial charge in [-0.2, -0.15) is 5.10 Å². The number of nitrogens with one attached hydrogen (secondary N) is 1. The van der Waals surface area contributed by atoms with E-state index in [4.69, 9.17) is 9.57 Å². The van der Waals surface area contributed by atoms with Crippen LogP contribution in [-0.2, 0) is 4.84 Å². The molecule has 0 bridgehead atoms. The lowest BCUT2D eigenvalue weighted by atomic mass is 9.75. The third-order valence-electron chi connectivity index (χ3n) is 6.01. The van der Waals surface area contributed by atoms with Crippen molar-refractivity contribution in [3.63, 3.8) is 0 Å². The number of rotatable bonds is 5. The Balaban J connectivity index is 1.43. The largest absolute Gasteiger partial charge is 0.497 e. The van der Waals surface area contributed by atoms with Crippen molar-refractivity contribution >= 4 is 17.3 Å². The van der Waals surface area contributed by atoms with Crippen molar-refractivity contribution in [3.05, 3.63) is 71.6 Å². The highest BCUT2D eigenvalue weighted by Gasteiger charge is 2.43. The number of hydrazone groups is 1. The van der Waals surface area contributed by atoms with E-state index >= 15 is 0 Å². The van der Waals surface area contributed by atoms with Gasteiger partial charge in [-0.25, -0.2) is 5.43 Å². The fourth-order valence-electron chi connectivity index (χ4n) is 3.91. The molecular formula is C24H26N4O3. The Morgan fingerprint density at radius 3 is 2.68 bits per heavy atom. The number of allylic oxidation sites excluding steroid dienone is 2. The first-order chi connectivity index (χ1) is 15.0. The maximum Gasteiger partial charge on any atom is 0.271 e. The van der Waals surface area contributed by atoms with Gasteiger partial charge in [0.2, 0.25) is 0 Å². The van der Waals surface area contributed by atoms with Gasteiger partial charge < -0.3 is 9.57 Å². The summed E-state index contributed by atoms with van der Waals surface area (Å²) < 4.78 is 5.23. The Labute approximate surface area is 181 Å². The van der Waals surface area contributed by atoms with Crippen LogP contribution in [0.4, 0.5) is 0 Å². The van der Waals surface area contributed by atoms with Crippen LogP contribution in [0.1, 0.15) is 49.0 Å². The zero-order valence-corrected chi connectivity index (χ0v) is 18.0. The van der Waals surface area contributed by atoms with E-state index in [-0.39, 0.29) is 11.8 Å². The summed E-state index contributed by atoms with van der Waals surface area (Å²) in [5.74, 6) is 0.763. The fraction of sp³-hybridized carbons (Fsp3) is 0.333. The van der Waals surface area contributed by atoms with Crippen LogP contribution in [0.25, 0.3) is 0 Å². The quantitative estimate of drug-likeness (QED) is 0.741. The molecule has 0 saturated carbocycles. The Morgan fingerprint density at radius 1 is 1.23 bits per heavy atom. The minimum absolute atomic E-state index is 0.201. The predicted molar refractivity (Wildman–Crippen MR) is 119 cm³/mol. The average molecular weight is 418 g/mol. The fourth-order valence-corrected chi connectivity index (χ4v) is 3.91. The van der Waals surface area contributed by atoms with E-state index in [1.807, 2.05) is 31.2 Å². The van der Waals surface area contributed by atoms with Gasteiger partial charge in [-0.3, -0.25) is 9.78 Å². The SMILES string of the molecule is COc1ccc(C2=NO[C@@](C)([C@H]3CC=C(C)/C(=N/NC(=O)c4ccncc4)C3)C2)cc1. The van der Waals surface area contributed by atoms with Gasteiger partial charge in [0.1, 0.15) is 11.4 Å². The van der Waals surface area contributed by atoms with Crippen molar-refractivity contribution in [3.8, 4) is 5.75 Å². The number of nitrogens with zero attached hydrogens (tertiary/aromatic N) is 3. The van der Waals surface area contributed by atoms with Gasteiger partial charge in [0.05, 0.1) is 18.5 Å². The van der Waals surface area contributed by atoms with Crippen molar-refractivity contribution in [2.45, 2.75) is 38.7 Å². The number of carbonyl (C=O) groups is 1. The lowest BCUT2D eigenvalue weighted by Crippen LogP contribution is -2.38.